The third-order valence-corrected chi connectivity index (χ3v) is 4.66. The van der Waals surface area contributed by atoms with Gasteiger partial charge in [-0.25, -0.2) is 4.39 Å². The third kappa shape index (κ3) is 5.45. The molecule has 2 aromatic rings. The van der Waals surface area contributed by atoms with Crippen molar-refractivity contribution in [3.8, 4) is 5.75 Å². The molecule has 27 heavy (non-hydrogen) atoms. The van der Waals surface area contributed by atoms with Crippen LogP contribution in [0.3, 0.4) is 0 Å². The van der Waals surface area contributed by atoms with E-state index in [-0.39, 0.29) is 18.8 Å². The number of aliphatic hydroxyl groups is 1. The largest absolute Gasteiger partial charge is 0.489 e. The molecule has 0 spiro atoms. The molecule has 1 saturated heterocycles. The van der Waals surface area contributed by atoms with E-state index in [1.807, 2.05) is 0 Å². The Morgan fingerprint density at radius 1 is 1.22 bits per heavy atom. The van der Waals surface area contributed by atoms with Crippen molar-refractivity contribution in [3.05, 3.63) is 69.5 Å². The van der Waals surface area contributed by atoms with Crippen molar-refractivity contribution < 1.29 is 23.8 Å². The average molecular weight is 411 g/mol. The lowest BCUT2D eigenvalue weighted by Gasteiger charge is -2.23. The Hall–Kier alpha value is -2.08. The molecule has 1 aliphatic rings. The number of rotatable bonds is 5. The van der Waals surface area contributed by atoms with Crippen molar-refractivity contribution in [1.82, 2.24) is 0 Å². The Labute approximate surface area is 166 Å². The number of cyclic esters (lactones) is 1. The van der Waals surface area contributed by atoms with Crippen LogP contribution in [-0.2, 0) is 16.1 Å². The highest BCUT2D eigenvalue weighted by Gasteiger charge is 2.25. The highest BCUT2D eigenvalue weighted by atomic mass is 35.5. The number of hydrogen-bond donors (Lipinski definition) is 1. The van der Waals surface area contributed by atoms with Gasteiger partial charge < -0.3 is 14.6 Å². The van der Waals surface area contributed by atoms with E-state index in [1.54, 1.807) is 36.4 Å². The van der Waals surface area contributed by atoms with Crippen LogP contribution in [-0.4, -0.2) is 23.3 Å². The van der Waals surface area contributed by atoms with E-state index in [2.05, 4.69) is 0 Å². The molecule has 1 N–H and O–H groups in total. The summed E-state index contributed by atoms with van der Waals surface area (Å²) in [6.07, 6.45) is 2.40. The lowest BCUT2D eigenvalue weighted by molar-refractivity contribution is -0.156. The van der Waals surface area contributed by atoms with Crippen molar-refractivity contribution in [3.63, 3.8) is 0 Å². The van der Waals surface area contributed by atoms with Crippen LogP contribution in [0.25, 0.3) is 6.08 Å². The molecule has 0 aromatic heterocycles. The first-order chi connectivity index (χ1) is 12.9. The van der Waals surface area contributed by atoms with Crippen molar-refractivity contribution in [1.29, 1.82) is 0 Å². The van der Waals surface area contributed by atoms with Crippen LogP contribution in [0.4, 0.5) is 4.39 Å². The second kappa shape index (κ2) is 8.74. The van der Waals surface area contributed by atoms with Crippen LogP contribution in [0.15, 0.2) is 42.5 Å². The number of esters is 1. The van der Waals surface area contributed by atoms with E-state index in [0.717, 1.165) is 5.56 Å². The fourth-order valence-corrected chi connectivity index (χ4v) is 3.27. The first-order valence-electron chi connectivity index (χ1n) is 8.33. The predicted molar refractivity (Wildman–Crippen MR) is 101 cm³/mol. The Bertz CT molecular complexity index is 829. The normalized spacial score (nSPS) is 19.9. The second-order valence-corrected chi connectivity index (χ2v) is 7.01. The summed E-state index contributed by atoms with van der Waals surface area (Å²) in [7, 11) is 0. The fraction of sp³-hybridized carbons (Fsp3) is 0.250. The maximum absolute atomic E-state index is 12.9. The molecule has 0 amide bonds. The zero-order chi connectivity index (χ0) is 19.4. The lowest BCUT2D eigenvalue weighted by atomic mass is 10.0. The molecule has 0 aliphatic carbocycles. The first kappa shape index (κ1) is 19.7. The molecule has 2 atom stereocenters. The van der Waals surface area contributed by atoms with Crippen LogP contribution in [0.2, 0.25) is 10.0 Å². The summed E-state index contributed by atoms with van der Waals surface area (Å²) >= 11 is 12.6. The third-order valence-electron chi connectivity index (χ3n) is 4.04. The number of hydrogen-bond acceptors (Lipinski definition) is 4. The quantitative estimate of drug-likeness (QED) is 0.719. The Balaban J connectivity index is 1.68. The highest BCUT2D eigenvalue weighted by Crippen LogP contribution is 2.32. The van der Waals surface area contributed by atoms with Gasteiger partial charge in [-0.2, -0.15) is 0 Å². The molecule has 0 unspecified atom stereocenters. The maximum atomic E-state index is 12.9. The topological polar surface area (TPSA) is 55.8 Å². The summed E-state index contributed by atoms with van der Waals surface area (Å²) in [5, 5.41) is 10.4. The van der Waals surface area contributed by atoms with Gasteiger partial charge in [-0.3, -0.25) is 4.79 Å². The lowest BCUT2D eigenvalue weighted by Crippen LogP contribution is -2.31. The van der Waals surface area contributed by atoms with Crippen LogP contribution in [0, 0.1) is 5.82 Å². The van der Waals surface area contributed by atoms with Gasteiger partial charge in [-0.05, 0) is 35.9 Å². The standard InChI is InChI=1S/C20H17Cl2FO4/c21-18-9-16(26-11-12-1-3-13(23)4-2-12)10-19(22)17(18)6-5-15-7-14(24)8-20(25)27-15/h1-6,9-10,14-15,24H,7-8,11H2/b6-5+/t14-,15-/m1/s1. The summed E-state index contributed by atoms with van der Waals surface area (Å²) < 4.78 is 23.7. The minimum Gasteiger partial charge on any atom is -0.489 e. The smallest absolute Gasteiger partial charge is 0.309 e. The van der Waals surface area contributed by atoms with E-state index >= 15 is 0 Å². The van der Waals surface area contributed by atoms with E-state index in [9.17, 15) is 14.3 Å². The fourth-order valence-electron chi connectivity index (χ4n) is 2.68. The van der Waals surface area contributed by atoms with Gasteiger partial charge in [0.05, 0.1) is 22.6 Å². The molecule has 1 fully saturated rings. The monoisotopic (exact) mass is 410 g/mol. The Morgan fingerprint density at radius 3 is 2.52 bits per heavy atom. The molecule has 3 rings (SSSR count). The zero-order valence-corrected chi connectivity index (χ0v) is 15.7. The molecular weight excluding hydrogens is 394 g/mol. The summed E-state index contributed by atoms with van der Waals surface area (Å²) in [5.74, 6) is -0.270. The summed E-state index contributed by atoms with van der Waals surface area (Å²) in [5.41, 5.74) is 1.37. The number of ether oxygens (including phenoxy) is 2. The molecule has 0 bridgehead atoms. The number of carbonyl (C=O) groups is 1. The molecule has 0 saturated carbocycles. The molecular formula is C20H17Cl2FO4. The highest BCUT2D eigenvalue weighted by molar-refractivity contribution is 6.37. The molecule has 142 valence electrons. The van der Waals surface area contributed by atoms with Crippen LogP contribution in [0.1, 0.15) is 24.0 Å². The van der Waals surface area contributed by atoms with Gasteiger partial charge in [-0.1, -0.05) is 41.4 Å². The summed E-state index contributed by atoms with van der Waals surface area (Å²) in [6.45, 7) is 0.248. The van der Waals surface area contributed by atoms with Gasteiger partial charge in [0.2, 0.25) is 0 Å². The zero-order valence-electron chi connectivity index (χ0n) is 14.2. The first-order valence-corrected chi connectivity index (χ1v) is 9.08. The van der Waals surface area contributed by atoms with Gasteiger partial charge in [0.15, 0.2) is 0 Å². The number of benzene rings is 2. The molecule has 1 aliphatic heterocycles. The van der Waals surface area contributed by atoms with Gasteiger partial charge >= 0.3 is 5.97 Å². The summed E-state index contributed by atoms with van der Waals surface area (Å²) in [4.78, 5) is 11.4. The van der Waals surface area contributed by atoms with Gasteiger partial charge in [0.1, 0.15) is 24.3 Å². The number of carbonyl (C=O) groups excluding carboxylic acids is 1. The minimum atomic E-state index is -0.714. The molecule has 0 radical (unpaired) electrons. The van der Waals surface area contributed by atoms with E-state index in [4.69, 9.17) is 32.7 Å². The van der Waals surface area contributed by atoms with Crippen LogP contribution < -0.4 is 4.74 Å². The molecule has 4 nitrogen and oxygen atoms in total. The molecule has 1 heterocycles. The van der Waals surface area contributed by atoms with Crippen LogP contribution >= 0.6 is 23.2 Å². The van der Waals surface area contributed by atoms with Gasteiger partial charge in [0.25, 0.3) is 0 Å². The SMILES string of the molecule is O=C1C[C@H](O)C[C@@H](/C=C/c2c(Cl)cc(OCc3ccc(F)cc3)cc2Cl)O1. The van der Waals surface area contributed by atoms with Crippen LogP contribution in [0.5, 0.6) is 5.75 Å². The number of aliphatic hydroxyl groups excluding tert-OH is 1. The predicted octanol–water partition coefficient (Wildman–Crippen LogP) is 4.79. The second-order valence-electron chi connectivity index (χ2n) is 6.20. The van der Waals surface area contributed by atoms with Crippen molar-refractivity contribution in [2.75, 3.05) is 0 Å². The number of halogens is 3. The van der Waals surface area contributed by atoms with Gasteiger partial charge in [0, 0.05) is 12.0 Å². The maximum Gasteiger partial charge on any atom is 0.309 e. The van der Waals surface area contributed by atoms with Crippen molar-refractivity contribution in [2.24, 2.45) is 0 Å². The summed E-state index contributed by atoms with van der Waals surface area (Å²) in [6, 6.07) is 9.24. The average Bonchev–Trinajstić information content (AvgIpc) is 2.60. The molecule has 7 heteroatoms. The van der Waals surface area contributed by atoms with E-state index in [1.165, 1.54) is 12.1 Å². The van der Waals surface area contributed by atoms with Crippen molar-refractivity contribution >= 4 is 35.2 Å². The Morgan fingerprint density at radius 2 is 1.89 bits per heavy atom. The van der Waals surface area contributed by atoms with Gasteiger partial charge in [-0.15, -0.1) is 0 Å². The van der Waals surface area contributed by atoms with Crippen molar-refractivity contribution in [2.45, 2.75) is 31.7 Å². The Kier molecular flexibility index (Phi) is 6.37. The molecule has 2 aromatic carbocycles. The van der Waals surface area contributed by atoms with E-state index < -0.39 is 18.2 Å². The van der Waals surface area contributed by atoms with E-state index in [0.29, 0.717) is 27.8 Å². The minimum absolute atomic E-state index is 0.00590.